The van der Waals surface area contributed by atoms with Gasteiger partial charge in [0.05, 0.1) is 11.7 Å². The Balaban J connectivity index is 1.27. The van der Waals surface area contributed by atoms with Crippen molar-refractivity contribution in [1.29, 1.82) is 0 Å². The monoisotopic (exact) mass is 491 g/mol. The molecule has 3 amide bonds. The molecule has 9 heteroatoms. The van der Waals surface area contributed by atoms with E-state index in [9.17, 15) is 9.59 Å². The van der Waals surface area contributed by atoms with E-state index < -0.39 is 5.72 Å². The maximum atomic E-state index is 13.2. The minimum Gasteiger partial charge on any atom is -0.486 e. The Morgan fingerprint density at radius 3 is 2.71 bits per heavy atom. The zero-order valence-corrected chi connectivity index (χ0v) is 19.6. The molecular weight excluding hydrogens is 470 g/mol. The molecule has 2 N–H and O–H groups in total. The Morgan fingerprint density at radius 1 is 1.06 bits per heavy atom. The summed E-state index contributed by atoms with van der Waals surface area (Å²) >= 11 is 6.16. The molecule has 0 unspecified atom stereocenters. The quantitative estimate of drug-likeness (QED) is 0.530. The molecule has 178 valence electrons. The van der Waals surface area contributed by atoms with Crippen LogP contribution in [0, 0.1) is 0 Å². The van der Waals surface area contributed by atoms with Crippen LogP contribution in [0.4, 0.5) is 16.2 Å². The van der Waals surface area contributed by atoms with Gasteiger partial charge in [-0.3, -0.25) is 9.69 Å². The molecule has 3 aromatic rings. The summed E-state index contributed by atoms with van der Waals surface area (Å²) in [6, 6.07) is 17.0. The summed E-state index contributed by atoms with van der Waals surface area (Å²) in [5.41, 5.74) is 1.46. The molecule has 2 bridgehead atoms. The molecule has 1 saturated heterocycles. The first kappa shape index (κ1) is 21.6. The zero-order chi connectivity index (χ0) is 24.2. The van der Waals surface area contributed by atoms with Gasteiger partial charge in [0.1, 0.15) is 19.0 Å². The van der Waals surface area contributed by atoms with E-state index in [4.69, 9.17) is 25.8 Å². The highest BCUT2D eigenvalue weighted by molar-refractivity contribution is 6.30. The fourth-order valence-electron chi connectivity index (χ4n) is 4.85. The van der Waals surface area contributed by atoms with Crippen LogP contribution in [0.25, 0.3) is 0 Å². The minimum absolute atomic E-state index is 0.215. The Hall–Kier alpha value is -3.91. The summed E-state index contributed by atoms with van der Waals surface area (Å²) in [4.78, 5) is 27.8. The topological polar surface area (TPSA) is 89.1 Å². The fourth-order valence-corrected chi connectivity index (χ4v) is 5.03. The molecule has 2 atom stereocenters. The molecule has 0 spiro atoms. The maximum Gasteiger partial charge on any atom is 0.325 e. The van der Waals surface area contributed by atoms with Crippen LogP contribution in [0.3, 0.4) is 0 Å². The summed E-state index contributed by atoms with van der Waals surface area (Å²) in [6.45, 7) is 2.83. The molecule has 3 aromatic carbocycles. The van der Waals surface area contributed by atoms with Gasteiger partial charge in [0.25, 0.3) is 5.91 Å². The molecule has 3 heterocycles. The lowest BCUT2D eigenvalue weighted by atomic mass is 9.90. The van der Waals surface area contributed by atoms with Gasteiger partial charge in [-0.05, 0) is 55.5 Å². The van der Waals surface area contributed by atoms with Crippen molar-refractivity contribution in [3.05, 3.63) is 76.8 Å². The first-order chi connectivity index (χ1) is 16.9. The largest absolute Gasteiger partial charge is 0.486 e. The number of hydrogen-bond acceptors (Lipinski definition) is 5. The van der Waals surface area contributed by atoms with Crippen LogP contribution in [0.5, 0.6) is 17.2 Å². The van der Waals surface area contributed by atoms with Gasteiger partial charge in [0, 0.05) is 34.3 Å². The number of hydrogen-bond donors (Lipinski definition) is 2. The number of carbonyl (C=O) groups excluding carboxylic acids is 2. The van der Waals surface area contributed by atoms with Crippen molar-refractivity contribution in [3.63, 3.8) is 0 Å². The SMILES string of the molecule is C[C@@]12C[C@H](NC(=O)N1c1cccc(C(=O)Nc3ccc4c(c3)OCCO4)c1)c1cc(Cl)ccc1O2. The smallest absolute Gasteiger partial charge is 0.325 e. The van der Waals surface area contributed by atoms with Crippen LogP contribution >= 0.6 is 11.6 Å². The average Bonchev–Trinajstić information content (AvgIpc) is 2.84. The summed E-state index contributed by atoms with van der Waals surface area (Å²) in [5.74, 6) is 1.60. The molecule has 35 heavy (non-hydrogen) atoms. The van der Waals surface area contributed by atoms with Gasteiger partial charge in [-0.15, -0.1) is 0 Å². The number of ether oxygens (including phenoxy) is 3. The van der Waals surface area contributed by atoms with E-state index in [1.54, 1.807) is 53.4 Å². The molecule has 1 fully saturated rings. The highest BCUT2D eigenvalue weighted by Crippen LogP contribution is 2.46. The molecule has 0 radical (unpaired) electrons. The zero-order valence-electron chi connectivity index (χ0n) is 18.8. The van der Waals surface area contributed by atoms with Crippen molar-refractivity contribution in [3.8, 4) is 17.2 Å². The Labute approximate surface area is 206 Å². The van der Waals surface area contributed by atoms with Crippen molar-refractivity contribution in [1.82, 2.24) is 5.32 Å². The van der Waals surface area contributed by atoms with E-state index in [2.05, 4.69) is 10.6 Å². The van der Waals surface area contributed by atoms with Gasteiger partial charge in [0.15, 0.2) is 17.2 Å². The molecule has 3 aliphatic heterocycles. The number of nitrogens with zero attached hydrogens (tertiary/aromatic N) is 1. The Kier molecular flexibility index (Phi) is 5.00. The number of carbonyl (C=O) groups is 2. The van der Waals surface area contributed by atoms with Gasteiger partial charge in [-0.25, -0.2) is 4.79 Å². The molecule has 8 nitrogen and oxygen atoms in total. The predicted octanol–water partition coefficient (Wildman–Crippen LogP) is 5.13. The second kappa shape index (κ2) is 8.09. The first-order valence-electron chi connectivity index (χ1n) is 11.3. The number of fused-ring (bicyclic) bond motifs is 5. The average molecular weight is 492 g/mol. The van der Waals surface area contributed by atoms with E-state index >= 15 is 0 Å². The third-order valence-corrected chi connectivity index (χ3v) is 6.64. The molecule has 0 saturated carbocycles. The lowest BCUT2D eigenvalue weighted by Gasteiger charge is -2.50. The van der Waals surface area contributed by atoms with Crippen molar-refractivity contribution in [2.24, 2.45) is 0 Å². The van der Waals surface area contributed by atoms with Crippen LogP contribution in [0.2, 0.25) is 5.02 Å². The first-order valence-corrected chi connectivity index (χ1v) is 11.7. The van der Waals surface area contributed by atoms with Gasteiger partial charge < -0.3 is 24.8 Å². The molecule has 3 aliphatic rings. The van der Waals surface area contributed by atoms with Crippen molar-refractivity contribution in [2.75, 3.05) is 23.4 Å². The van der Waals surface area contributed by atoms with Crippen LogP contribution < -0.4 is 29.7 Å². The number of nitrogens with one attached hydrogen (secondary N) is 2. The summed E-state index contributed by atoms with van der Waals surface area (Å²) in [6.07, 6.45) is 0.527. The lowest BCUT2D eigenvalue weighted by Crippen LogP contribution is -2.65. The van der Waals surface area contributed by atoms with Crippen LogP contribution in [0.15, 0.2) is 60.7 Å². The van der Waals surface area contributed by atoms with Gasteiger partial charge in [-0.2, -0.15) is 0 Å². The second-order valence-electron chi connectivity index (χ2n) is 8.86. The van der Waals surface area contributed by atoms with Gasteiger partial charge >= 0.3 is 6.03 Å². The number of benzene rings is 3. The molecule has 0 aromatic heterocycles. The van der Waals surface area contributed by atoms with Crippen LogP contribution in [0.1, 0.15) is 35.3 Å². The van der Waals surface area contributed by atoms with Crippen molar-refractivity contribution in [2.45, 2.75) is 25.1 Å². The third-order valence-electron chi connectivity index (χ3n) is 6.40. The van der Waals surface area contributed by atoms with Crippen LogP contribution in [-0.2, 0) is 0 Å². The Morgan fingerprint density at radius 2 is 1.86 bits per heavy atom. The van der Waals surface area contributed by atoms with E-state index in [0.717, 1.165) is 5.56 Å². The van der Waals surface area contributed by atoms with E-state index in [1.165, 1.54) is 0 Å². The number of urea groups is 1. The number of amides is 3. The minimum atomic E-state index is -0.932. The van der Waals surface area contributed by atoms with Gasteiger partial charge in [-0.1, -0.05) is 17.7 Å². The summed E-state index contributed by atoms with van der Waals surface area (Å²) in [7, 11) is 0. The van der Waals surface area contributed by atoms with E-state index in [0.29, 0.717) is 58.8 Å². The lowest BCUT2D eigenvalue weighted by molar-refractivity contribution is 0.0378. The maximum absolute atomic E-state index is 13.2. The highest BCUT2D eigenvalue weighted by Gasteiger charge is 2.50. The molecule has 6 rings (SSSR count). The highest BCUT2D eigenvalue weighted by atomic mass is 35.5. The summed E-state index contributed by atoms with van der Waals surface area (Å²) < 4.78 is 17.4. The van der Waals surface area contributed by atoms with Crippen molar-refractivity contribution < 1.29 is 23.8 Å². The fraction of sp³-hybridized carbons (Fsp3) is 0.231. The second-order valence-corrected chi connectivity index (χ2v) is 9.30. The third kappa shape index (κ3) is 3.80. The van der Waals surface area contributed by atoms with E-state index in [-0.39, 0.29) is 18.0 Å². The number of anilines is 2. The van der Waals surface area contributed by atoms with Gasteiger partial charge in [0.2, 0.25) is 0 Å². The van der Waals surface area contributed by atoms with Crippen molar-refractivity contribution >= 4 is 34.9 Å². The standard InChI is InChI=1S/C26H22ClN3O5/c1-26-14-20(19-12-16(27)5-7-21(19)35-26)29-25(32)30(26)18-4-2-3-15(11-18)24(31)28-17-6-8-22-23(13-17)34-10-9-33-22/h2-8,11-13,20H,9-10,14H2,1H3,(H,28,31)(H,29,32)/t20-,26+/m0/s1. The molecule has 0 aliphatic carbocycles. The molecular formula is C26H22ClN3O5. The van der Waals surface area contributed by atoms with Crippen LogP contribution in [-0.4, -0.2) is 30.9 Å². The van der Waals surface area contributed by atoms with E-state index in [1.807, 2.05) is 19.1 Å². The number of halogens is 1. The predicted molar refractivity (Wildman–Crippen MR) is 131 cm³/mol. The Bertz CT molecular complexity index is 1360. The number of rotatable bonds is 3. The summed E-state index contributed by atoms with van der Waals surface area (Å²) in [5, 5.41) is 6.52. The normalized spacial score (nSPS) is 21.9.